The van der Waals surface area contributed by atoms with Crippen LogP contribution in [-0.2, 0) is 16.3 Å². The molecule has 0 aliphatic carbocycles. The van der Waals surface area contributed by atoms with Gasteiger partial charge in [-0.3, -0.25) is 0 Å². The van der Waals surface area contributed by atoms with Crippen molar-refractivity contribution in [3.63, 3.8) is 0 Å². The van der Waals surface area contributed by atoms with Gasteiger partial charge in [0.15, 0.2) is 5.75 Å². The average Bonchev–Trinajstić information content (AvgIpc) is 2.43. The van der Waals surface area contributed by atoms with E-state index in [0.717, 1.165) is 18.2 Å². The molecule has 2 aromatic carbocycles. The predicted molar refractivity (Wildman–Crippen MR) is 75.7 cm³/mol. The van der Waals surface area contributed by atoms with Crippen molar-refractivity contribution in [2.75, 3.05) is 0 Å². The van der Waals surface area contributed by atoms with Crippen molar-refractivity contribution in [2.45, 2.75) is 11.1 Å². The van der Waals surface area contributed by atoms with Crippen molar-refractivity contribution in [3.8, 4) is 5.75 Å². The molecule has 3 nitrogen and oxygen atoms in total. The lowest BCUT2D eigenvalue weighted by molar-refractivity contribution is -0.139. The summed E-state index contributed by atoms with van der Waals surface area (Å²) in [7, 11) is -4.73. The number of benzene rings is 2. The molecule has 0 saturated carbocycles. The molecule has 0 aliphatic rings. The highest BCUT2D eigenvalue weighted by Gasteiger charge is 2.37. The van der Waals surface area contributed by atoms with Gasteiger partial charge >= 0.3 is 16.3 Å². The number of halogens is 5. The van der Waals surface area contributed by atoms with E-state index in [2.05, 4.69) is 0 Å². The number of hydrogen-bond donors (Lipinski definition) is 0. The van der Waals surface area contributed by atoms with Crippen LogP contribution in [0, 0.1) is 0 Å². The van der Waals surface area contributed by atoms with Gasteiger partial charge in [0, 0.05) is 0 Å². The van der Waals surface area contributed by atoms with Crippen molar-refractivity contribution in [2.24, 2.45) is 0 Å². The summed E-state index contributed by atoms with van der Waals surface area (Å²) in [6, 6.07) is 7.61. The van der Waals surface area contributed by atoms with Gasteiger partial charge in [-0.05, 0) is 24.3 Å². The van der Waals surface area contributed by atoms with Crippen LogP contribution in [0.5, 0.6) is 5.75 Å². The molecule has 2 aromatic rings. The molecular weight excluding hydrogens is 364 g/mol. The van der Waals surface area contributed by atoms with Crippen LogP contribution in [0.1, 0.15) is 5.56 Å². The number of rotatable bonds is 3. The normalized spacial score (nSPS) is 12.2. The zero-order valence-electron chi connectivity index (χ0n) is 10.6. The predicted octanol–water partition coefficient (Wildman–Crippen LogP) is 4.78. The van der Waals surface area contributed by atoms with E-state index in [0.29, 0.717) is 6.07 Å². The number of alkyl halides is 3. The summed E-state index contributed by atoms with van der Waals surface area (Å²) in [5.41, 5.74) is -1.33. The van der Waals surface area contributed by atoms with E-state index in [9.17, 15) is 21.6 Å². The van der Waals surface area contributed by atoms with Gasteiger partial charge in [0.1, 0.15) is 9.92 Å². The highest BCUT2D eigenvalue weighted by Crippen LogP contribution is 2.37. The summed E-state index contributed by atoms with van der Waals surface area (Å²) >= 11 is 11.5. The van der Waals surface area contributed by atoms with Gasteiger partial charge < -0.3 is 4.18 Å². The lowest BCUT2D eigenvalue weighted by Gasteiger charge is -2.14. The van der Waals surface area contributed by atoms with Crippen LogP contribution in [-0.4, -0.2) is 8.42 Å². The third kappa shape index (κ3) is 3.48. The van der Waals surface area contributed by atoms with Crippen molar-refractivity contribution in [1.29, 1.82) is 0 Å². The smallest absolute Gasteiger partial charge is 0.377 e. The molecule has 0 unspecified atom stereocenters. The van der Waals surface area contributed by atoms with E-state index in [1.165, 1.54) is 18.2 Å². The Balaban J connectivity index is 2.51. The van der Waals surface area contributed by atoms with Crippen molar-refractivity contribution < 1.29 is 25.8 Å². The quantitative estimate of drug-likeness (QED) is 0.730. The summed E-state index contributed by atoms with van der Waals surface area (Å²) in [4.78, 5) is -1.00. The molecule has 0 heterocycles. The standard InChI is InChI=1S/C13H7Cl2F3O3S/c14-9-5-3-6-10(12(9)15)21-22(19,20)11-7-2-1-4-8(11)13(16,17)18/h1-7H. The second-order valence-electron chi connectivity index (χ2n) is 4.08. The van der Waals surface area contributed by atoms with Gasteiger partial charge in [-0.25, -0.2) is 0 Å². The molecular formula is C13H7Cl2F3O3S. The first-order chi connectivity index (χ1) is 10.1. The molecule has 0 amide bonds. The van der Waals surface area contributed by atoms with Crippen LogP contribution in [0.25, 0.3) is 0 Å². The minimum atomic E-state index is -4.84. The van der Waals surface area contributed by atoms with Crippen molar-refractivity contribution >= 4 is 33.3 Å². The Bertz CT molecular complexity index is 804. The molecule has 2 rings (SSSR count). The largest absolute Gasteiger partial charge is 0.417 e. The molecule has 118 valence electrons. The first-order valence-corrected chi connectivity index (χ1v) is 7.84. The van der Waals surface area contributed by atoms with Crippen LogP contribution in [0.3, 0.4) is 0 Å². The highest BCUT2D eigenvalue weighted by molar-refractivity contribution is 7.87. The Hall–Kier alpha value is -1.44. The SMILES string of the molecule is O=S(=O)(Oc1cccc(Cl)c1Cl)c1ccccc1C(F)(F)F. The molecule has 0 atom stereocenters. The van der Waals surface area contributed by atoms with Gasteiger partial charge in [0.25, 0.3) is 0 Å². The van der Waals surface area contributed by atoms with E-state index in [-0.39, 0.29) is 15.8 Å². The van der Waals surface area contributed by atoms with Crippen molar-refractivity contribution in [1.82, 2.24) is 0 Å². The fourth-order valence-electron chi connectivity index (χ4n) is 1.63. The minimum Gasteiger partial charge on any atom is -0.377 e. The van der Waals surface area contributed by atoms with Gasteiger partial charge in [0.05, 0.1) is 10.6 Å². The first-order valence-electron chi connectivity index (χ1n) is 5.67. The molecule has 0 saturated heterocycles. The van der Waals surface area contributed by atoms with Gasteiger partial charge in [-0.1, -0.05) is 41.4 Å². The topological polar surface area (TPSA) is 43.4 Å². The van der Waals surface area contributed by atoms with E-state index in [4.69, 9.17) is 27.4 Å². The van der Waals surface area contributed by atoms with Crippen LogP contribution < -0.4 is 4.18 Å². The average molecular weight is 371 g/mol. The van der Waals surface area contributed by atoms with E-state index in [1.54, 1.807) is 0 Å². The van der Waals surface area contributed by atoms with Gasteiger partial charge in [-0.15, -0.1) is 0 Å². The fraction of sp³-hybridized carbons (Fsp3) is 0.0769. The number of hydrogen-bond acceptors (Lipinski definition) is 3. The Kier molecular flexibility index (Phi) is 4.60. The summed E-state index contributed by atoms with van der Waals surface area (Å²) in [5, 5.41) is -0.198. The van der Waals surface area contributed by atoms with Crippen LogP contribution in [0.4, 0.5) is 13.2 Å². The molecule has 0 radical (unpaired) electrons. The molecule has 9 heteroatoms. The third-order valence-corrected chi connectivity index (χ3v) is 4.67. The molecule has 0 N–H and O–H groups in total. The molecule has 0 aromatic heterocycles. The zero-order valence-corrected chi connectivity index (χ0v) is 12.9. The highest BCUT2D eigenvalue weighted by atomic mass is 35.5. The first kappa shape index (κ1) is 16.9. The maximum Gasteiger partial charge on any atom is 0.417 e. The Morgan fingerprint density at radius 1 is 0.955 bits per heavy atom. The maximum atomic E-state index is 12.9. The van der Waals surface area contributed by atoms with Gasteiger partial charge in [0.2, 0.25) is 0 Å². The molecule has 0 aliphatic heterocycles. The van der Waals surface area contributed by atoms with E-state index < -0.39 is 26.8 Å². The summed E-state index contributed by atoms with van der Waals surface area (Å²) in [6.45, 7) is 0. The monoisotopic (exact) mass is 370 g/mol. The van der Waals surface area contributed by atoms with Crippen LogP contribution in [0.2, 0.25) is 10.0 Å². The zero-order chi connectivity index (χ0) is 16.5. The molecule has 0 fully saturated rings. The molecule has 22 heavy (non-hydrogen) atoms. The summed E-state index contributed by atoms with van der Waals surface area (Å²) in [5.74, 6) is -0.355. The Morgan fingerprint density at radius 2 is 1.59 bits per heavy atom. The molecule has 0 spiro atoms. The summed E-state index contributed by atoms with van der Waals surface area (Å²) in [6.07, 6.45) is -4.84. The minimum absolute atomic E-state index is 0.0125. The van der Waals surface area contributed by atoms with E-state index >= 15 is 0 Å². The van der Waals surface area contributed by atoms with Crippen LogP contribution >= 0.6 is 23.2 Å². The fourth-order valence-corrected chi connectivity index (χ4v) is 3.17. The van der Waals surface area contributed by atoms with Crippen LogP contribution in [0.15, 0.2) is 47.4 Å². The lowest BCUT2D eigenvalue weighted by Crippen LogP contribution is -2.17. The maximum absolute atomic E-state index is 12.9. The summed E-state index contributed by atoms with van der Waals surface area (Å²) < 4.78 is 67.6. The second-order valence-corrected chi connectivity index (χ2v) is 6.38. The molecule has 0 bridgehead atoms. The third-order valence-electron chi connectivity index (χ3n) is 2.58. The van der Waals surface area contributed by atoms with Gasteiger partial charge in [-0.2, -0.15) is 21.6 Å². The lowest BCUT2D eigenvalue weighted by atomic mass is 10.2. The second kappa shape index (κ2) is 5.98. The van der Waals surface area contributed by atoms with Crippen molar-refractivity contribution in [3.05, 3.63) is 58.1 Å². The Labute approximate surface area is 134 Å². The van der Waals surface area contributed by atoms with E-state index in [1.807, 2.05) is 0 Å². The Morgan fingerprint density at radius 3 is 2.23 bits per heavy atom.